The van der Waals surface area contributed by atoms with Crippen molar-refractivity contribution in [3.05, 3.63) is 28.2 Å². The number of carbonyl (C=O) groups excluding carboxylic acids is 1. The van der Waals surface area contributed by atoms with Crippen LogP contribution in [0.1, 0.15) is 12.8 Å². The molecule has 1 aliphatic heterocycles. The molecule has 0 aliphatic carbocycles. The van der Waals surface area contributed by atoms with Gasteiger partial charge < -0.3 is 5.32 Å². The van der Waals surface area contributed by atoms with Crippen molar-refractivity contribution in [2.24, 2.45) is 0 Å². The summed E-state index contributed by atoms with van der Waals surface area (Å²) in [5.41, 5.74) is 0.452. The Kier molecular flexibility index (Phi) is 4.59. The van der Waals surface area contributed by atoms with E-state index in [2.05, 4.69) is 5.32 Å². The zero-order valence-corrected chi connectivity index (χ0v) is 13.1. The molecule has 20 heavy (non-hydrogen) atoms. The van der Waals surface area contributed by atoms with Crippen LogP contribution in [0.15, 0.2) is 18.2 Å². The maximum absolute atomic E-state index is 12.2. The Balaban J connectivity index is 2.15. The average molecular weight is 337 g/mol. The molecule has 1 atom stereocenters. The minimum atomic E-state index is -3.38. The van der Waals surface area contributed by atoms with Crippen molar-refractivity contribution in [2.75, 3.05) is 18.1 Å². The highest BCUT2D eigenvalue weighted by Gasteiger charge is 2.36. The predicted octanol–water partition coefficient (Wildman–Crippen LogP) is 2.36. The van der Waals surface area contributed by atoms with E-state index in [4.69, 9.17) is 23.2 Å². The Hall–Kier alpha value is -0.820. The van der Waals surface area contributed by atoms with Gasteiger partial charge in [-0.1, -0.05) is 23.2 Å². The van der Waals surface area contributed by atoms with Crippen LogP contribution < -0.4 is 5.32 Å². The lowest BCUT2D eigenvalue weighted by Crippen LogP contribution is -2.42. The molecule has 1 amide bonds. The van der Waals surface area contributed by atoms with Crippen LogP contribution in [0.2, 0.25) is 10.0 Å². The topological polar surface area (TPSA) is 66.5 Å². The first-order valence-corrected chi connectivity index (χ1v) is 8.61. The quantitative estimate of drug-likeness (QED) is 0.921. The molecule has 110 valence electrons. The Morgan fingerprint density at radius 3 is 2.45 bits per heavy atom. The van der Waals surface area contributed by atoms with Crippen LogP contribution in [0.5, 0.6) is 0 Å². The third-order valence-corrected chi connectivity index (χ3v) is 4.79. The highest BCUT2D eigenvalue weighted by Crippen LogP contribution is 2.25. The fourth-order valence-electron chi connectivity index (χ4n) is 2.25. The van der Waals surface area contributed by atoms with E-state index in [1.165, 1.54) is 4.31 Å². The van der Waals surface area contributed by atoms with Crippen LogP contribution >= 0.6 is 23.2 Å². The number of rotatable bonds is 3. The van der Waals surface area contributed by atoms with E-state index in [1.807, 2.05) is 0 Å². The summed E-state index contributed by atoms with van der Waals surface area (Å²) in [5, 5.41) is 3.46. The lowest BCUT2D eigenvalue weighted by molar-refractivity contribution is -0.119. The van der Waals surface area contributed by atoms with Gasteiger partial charge in [-0.2, -0.15) is 4.31 Å². The van der Waals surface area contributed by atoms with E-state index in [-0.39, 0.29) is 5.91 Å². The average Bonchev–Trinajstić information content (AvgIpc) is 2.75. The van der Waals surface area contributed by atoms with Crippen molar-refractivity contribution < 1.29 is 13.2 Å². The minimum Gasteiger partial charge on any atom is -0.325 e. The Bertz CT molecular complexity index is 613. The van der Waals surface area contributed by atoms with Crippen molar-refractivity contribution >= 4 is 44.8 Å². The molecule has 1 saturated heterocycles. The first-order valence-electron chi connectivity index (χ1n) is 6.01. The van der Waals surface area contributed by atoms with Crippen molar-refractivity contribution in [2.45, 2.75) is 18.9 Å². The summed E-state index contributed by atoms with van der Waals surface area (Å²) < 4.78 is 24.4. The van der Waals surface area contributed by atoms with Gasteiger partial charge in [0.1, 0.15) is 6.04 Å². The number of amides is 1. The number of halogens is 2. The predicted molar refractivity (Wildman–Crippen MR) is 79.7 cm³/mol. The second kappa shape index (κ2) is 5.89. The molecular formula is C12H14Cl2N2O3S. The molecule has 1 fully saturated rings. The lowest BCUT2D eigenvalue weighted by atomic mass is 10.2. The number of nitrogens with zero attached hydrogens (tertiary/aromatic N) is 1. The number of hydrogen-bond acceptors (Lipinski definition) is 3. The van der Waals surface area contributed by atoms with E-state index < -0.39 is 16.1 Å². The van der Waals surface area contributed by atoms with Gasteiger partial charge in [-0.05, 0) is 31.0 Å². The van der Waals surface area contributed by atoms with Crippen LogP contribution in [0.3, 0.4) is 0 Å². The van der Waals surface area contributed by atoms with Crippen LogP contribution in [0.4, 0.5) is 5.69 Å². The number of benzene rings is 1. The molecule has 2 rings (SSSR count). The van der Waals surface area contributed by atoms with E-state index >= 15 is 0 Å². The maximum Gasteiger partial charge on any atom is 0.242 e. The Labute approximate surface area is 127 Å². The van der Waals surface area contributed by atoms with Gasteiger partial charge in [0, 0.05) is 22.3 Å². The number of carbonyl (C=O) groups is 1. The van der Waals surface area contributed by atoms with Crippen LogP contribution in [0.25, 0.3) is 0 Å². The molecule has 0 bridgehead atoms. The molecule has 1 aliphatic rings. The minimum absolute atomic E-state index is 0.368. The Morgan fingerprint density at radius 2 is 1.90 bits per heavy atom. The van der Waals surface area contributed by atoms with Gasteiger partial charge in [-0.15, -0.1) is 0 Å². The van der Waals surface area contributed by atoms with Gasteiger partial charge in [0.2, 0.25) is 15.9 Å². The molecule has 1 heterocycles. The van der Waals surface area contributed by atoms with E-state index in [0.29, 0.717) is 35.1 Å². The fourth-order valence-corrected chi connectivity index (χ4v) is 3.90. The Morgan fingerprint density at radius 1 is 1.30 bits per heavy atom. The van der Waals surface area contributed by atoms with Crippen LogP contribution in [-0.4, -0.2) is 37.5 Å². The van der Waals surface area contributed by atoms with Gasteiger partial charge in [0.25, 0.3) is 0 Å². The van der Waals surface area contributed by atoms with E-state index in [1.54, 1.807) is 18.2 Å². The van der Waals surface area contributed by atoms with Gasteiger partial charge in [0.15, 0.2) is 0 Å². The summed E-state index contributed by atoms with van der Waals surface area (Å²) in [4.78, 5) is 12.2. The van der Waals surface area contributed by atoms with Gasteiger partial charge >= 0.3 is 0 Å². The summed E-state index contributed by atoms with van der Waals surface area (Å²) in [6.45, 7) is 0.368. The molecule has 5 nitrogen and oxygen atoms in total. The highest BCUT2D eigenvalue weighted by atomic mass is 35.5. The molecule has 0 spiro atoms. The highest BCUT2D eigenvalue weighted by molar-refractivity contribution is 7.88. The lowest BCUT2D eigenvalue weighted by Gasteiger charge is -2.21. The standard InChI is InChI=1S/C12H14Cl2N2O3S/c1-20(18,19)16-4-2-3-11(16)12(17)15-10-6-8(13)5-9(14)7-10/h5-7,11H,2-4H2,1H3,(H,15,17)/t11-/m1/s1. The second-order valence-electron chi connectivity index (χ2n) is 4.68. The third kappa shape index (κ3) is 3.63. The zero-order chi connectivity index (χ0) is 14.9. The number of anilines is 1. The van der Waals surface area contributed by atoms with Crippen molar-refractivity contribution in [3.8, 4) is 0 Å². The summed E-state index contributed by atoms with van der Waals surface area (Å²) in [5.74, 6) is -0.369. The van der Waals surface area contributed by atoms with Crippen molar-refractivity contribution in [3.63, 3.8) is 0 Å². The van der Waals surface area contributed by atoms with Crippen LogP contribution in [-0.2, 0) is 14.8 Å². The summed E-state index contributed by atoms with van der Waals surface area (Å²) in [6.07, 6.45) is 2.28. The third-order valence-electron chi connectivity index (χ3n) is 3.06. The monoisotopic (exact) mass is 336 g/mol. The number of nitrogens with one attached hydrogen (secondary N) is 1. The summed E-state index contributed by atoms with van der Waals surface area (Å²) in [6, 6.07) is 4.00. The second-order valence-corrected chi connectivity index (χ2v) is 7.49. The van der Waals surface area contributed by atoms with E-state index in [0.717, 1.165) is 6.26 Å². The van der Waals surface area contributed by atoms with E-state index in [9.17, 15) is 13.2 Å². The summed E-state index contributed by atoms with van der Waals surface area (Å²) in [7, 11) is -3.38. The largest absolute Gasteiger partial charge is 0.325 e. The maximum atomic E-state index is 12.2. The number of hydrogen-bond donors (Lipinski definition) is 1. The smallest absolute Gasteiger partial charge is 0.242 e. The zero-order valence-electron chi connectivity index (χ0n) is 10.8. The SMILES string of the molecule is CS(=O)(=O)N1CCC[C@@H]1C(=O)Nc1cc(Cl)cc(Cl)c1. The molecule has 1 N–H and O–H groups in total. The molecule has 0 radical (unpaired) electrons. The molecule has 8 heteroatoms. The molecule has 1 aromatic rings. The van der Waals surface area contributed by atoms with Gasteiger partial charge in [-0.3, -0.25) is 4.79 Å². The first kappa shape index (κ1) is 15.6. The van der Waals surface area contributed by atoms with Crippen molar-refractivity contribution in [1.82, 2.24) is 4.31 Å². The number of sulfonamides is 1. The van der Waals surface area contributed by atoms with Gasteiger partial charge in [0.05, 0.1) is 6.26 Å². The molecule has 0 saturated carbocycles. The molecule has 0 unspecified atom stereocenters. The molecule has 0 aromatic heterocycles. The first-order chi connectivity index (χ1) is 9.27. The van der Waals surface area contributed by atoms with Crippen LogP contribution in [0, 0.1) is 0 Å². The normalized spacial score (nSPS) is 20.1. The fraction of sp³-hybridized carbons (Fsp3) is 0.417. The molecular weight excluding hydrogens is 323 g/mol. The van der Waals surface area contributed by atoms with Crippen molar-refractivity contribution in [1.29, 1.82) is 0 Å². The summed E-state index contributed by atoms with van der Waals surface area (Å²) >= 11 is 11.7. The molecule has 1 aromatic carbocycles. The van der Waals surface area contributed by atoms with Gasteiger partial charge in [-0.25, -0.2) is 8.42 Å².